The average Bonchev–Trinajstić information content (AvgIpc) is 3.06. The van der Waals surface area contributed by atoms with E-state index in [2.05, 4.69) is 44.8 Å². The predicted molar refractivity (Wildman–Crippen MR) is 77.8 cm³/mol. The average molecular weight is 256 g/mol. The molecule has 1 atom stereocenters. The van der Waals surface area contributed by atoms with Crippen LogP contribution in [-0.2, 0) is 0 Å². The summed E-state index contributed by atoms with van der Waals surface area (Å²) in [5.41, 5.74) is -0.148. The van der Waals surface area contributed by atoms with E-state index in [9.17, 15) is 5.11 Å². The summed E-state index contributed by atoms with van der Waals surface area (Å²) in [5, 5.41) is 13.1. The Morgan fingerprint density at radius 3 is 2.28 bits per heavy atom. The van der Waals surface area contributed by atoms with Gasteiger partial charge in [-0.05, 0) is 46.0 Å². The zero-order chi connectivity index (χ0) is 13.8. The lowest BCUT2D eigenvalue weighted by molar-refractivity contribution is 0.126. The Labute approximate surface area is 113 Å². The minimum absolute atomic E-state index is 0.148. The van der Waals surface area contributed by atoms with Crippen molar-refractivity contribution in [2.45, 2.75) is 71.5 Å². The molecule has 3 heteroatoms. The Morgan fingerprint density at radius 2 is 1.89 bits per heavy atom. The fourth-order valence-corrected chi connectivity index (χ4v) is 2.48. The highest BCUT2D eigenvalue weighted by molar-refractivity contribution is 4.86. The van der Waals surface area contributed by atoms with Crippen LogP contribution in [0.25, 0.3) is 0 Å². The molecular weight excluding hydrogens is 224 g/mol. The third kappa shape index (κ3) is 5.68. The first kappa shape index (κ1) is 15.9. The Hall–Kier alpha value is -0.120. The van der Waals surface area contributed by atoms with Crippen molar-refractivity contribution >= 4 is 0 Å². The van der Waals surface area contributed by atoms with Crippen LogP contribution in [0.2, 0.25) is 0 Å². The van der Waals surface area contributed by atoms with Gasteiger partial charge in [0.2, 0.25) is 0 Å². The van der Waals surface area contributed by atoms with Crippen LogP contribution in [0, 0.1) is 5.92 Å². The van der Waals surface area contributed by atoms with Crippen LogP contribution < -0.4 is 5.32 Å². The Morgan fingerprint density at radius 1 is 1.28 bits per heavy atom. The summed E-state index contributed by atoms with van der Waals surface area (Å²) in [6.07, 6.45) is 3.82. The van der Waals surface area contributed by atoms with E-state index in [0.717, 1.165) is 18.9 Å². The van der Waals surface area contributed by atoms with Crippen LogP contribution in [0.4, 0.5) is 0 Å². The van der Waals surface area contributed by atoms with E-state index in [-0.39, 0.29) is 12.1 Å². The molecule has 1 unspecified atom stereocenters. The first-order valence-corrected chi connectivity index (χ1v) is 7.49. The SMILES string of the molecule is CC(C)NC(C)(CO)CCN(CC1CC1)C(C)C. The summed E-state index contributed by atoms with van der Waals surface area (Å²) >= 11 is 0. The summed E-state index contributed by atoms with van der Waals surface area (Å²) in [6, 6.07) is 1.02. The highest BCUT2D eigenvalue weighted by Gasteiger charge is 2.28. The van der Waals surface area contributed by atoms with Gasteiger partial charge in [-0.2, -0.15) is 0 Å². The van der Waals surface area contributed by atoms with Gasteiger partial charge in [0, 0.05) is 30.7 Å². The Balaban J connectivity index is 2.42. The van der Waals surface area contributed by atoms with E-state index in [0.29, 0.717) is 12.1 Å². The van der Waals surface area contributed by atoms with Crippen molar-refractivity contribution in [3.8, 4) is 0 Å². The van der Waals surface area contributed by atoms with E-state index < -0.39 is 0 Å². The fraction of sp³-hybridized carbons (Fsp3) is 1.00. The molecule has 0 amide bonds. The minimum atomic E-state index is -0.148. The number of hydrogen-bond acceptors (Lipinski definition) is 3. The van der Waals surface area contributed by atoms with Crippen molar-refractivity contribution in [1.82, 2.24) is 10.2 Å². The van der Waals surface area contributed by atoms with Gasteiger partial charge in [0.25, 0.3) is 0 Å². The van der Waals surface area contributed by atoms with Crippen LogP contribution in [-0.4, -0.2) is 47.3 Å². The molecule has 0 aromatic heterocycles. The lowest BCUT2D eigenvalue weighted by Crippen LogP contribution is -2.51. The maximum absolute atomic E-state index is 9.60. The quantitative estimate of drug-likeness (QED) is 0.664. The molecule has 1 fully saturated rings. The molecule has 0 heterocycles. The number of nitrogens with zero attached hydrogens (tertiary/aromatic N) is 1. The van der Waals surface area contributed by atoms with Crippen molar-refractivity contribution in [3.63, 3.8) is 0 Å². The molecule has 1 saturated carbocycles. The van der Waals surface area contributed by atoms with Crippen molar-refractivity contribution in [1.29, 1.82) is 0 Å². The summed E-state index contributed by atoms with van der Waals surface area (Å²) in [7, 11) is 0. The molecule has 1 aliphatic carbocycles. The molecule has 0 radical (unpaired) electrons. The Bertz CT molecular complexity index is 239. The van der Waals surface area contributed by atoms with E-state index in [1.807, 2.05) is 0 Å². The standard InChI is InChI=1S/C15H32N2O/c1-12(2)16-15(5,11-18)8-9-17(13(3)4)10-14-6-7-14/h12-14,16,18H,6-11H2,1-5H3. The second-order valence-corrected chi connectivity index (χ2v) is 6.80. The molecule has 2 N–H and O–H groups in total. The minimum Gasteiger partial charge on any atom is -0.394 e. The monoisotopic (exact) mass is 256 g/mol. The first-order valence-electron chi connectivity index (χ1n) is 7.49. The molecule has 0 aromatic rings. The van der Waals surface area contributed by atoms with Crippen molar-refractivity contribution < 1.29 is 5.11 Å². The fourth-order valence-electron chi connectivity index (χ4n) is 2.48. The molecule has 108 valence electrons. The maximum atomic E-state index is 9.60. The molecule has 1 rings (SSSR count). The van der Waals surface area contributed by atoms with Gasteiger partial charge >= 0.3 is 0 Å². The van der Waals surface area contributed by atoms with Crippen molar-refractivity contribution in [2.24, 2.45) is 5.92 Å². The molecule has 0 aliphatic heterocycles. The van der Waals surface area contributed by atoms with Gasteiger partial charge in [0.1, 0.15) is 0 Å². The summed E-state index contributed by atoms with van der Waals surface area (Å²) < 4.78 is 0. The van der Waals surface area contributed by atoms with Gasteiger partial charge < -0.3 is 15.3 Å². The number of aliphatic hydroxyl groups excluding tert-OH is 1. The lowest BCUT2D eigenvalue weighted by Gasteiger charge is -2.35. The van der Waals surface area contributed by atoms with Crippen LogP contribution in [0.15, 0.2) is 0 Å². The molecule has 0 saturated heterocycles. The van der Waals surface area contributed by atoms with Crippen LogP contribution in [0.5, 0.6) is 0 Å². The van der Waals surface area contributed by atoms with Gasteiger partial charge in [-0.3, -0.25) is 0 Å². The highest BCUT2D eigenvalue weighted by Crippen LogP contribution is 2.30. The van der Waals surface area contributed by atoms with Gasteiger partial charge in [0.15, 0.2) is 0 Å². The first-order chi connectivity index (χ1) is 8.36. The third-order valence-corrected chi connectivity index (χ3v) is 3.86. The number of hydrogen-bond donors (Lipinski definition) is 2. The smallest absolute Gasteiger partial charge is 0.0611 e. The second-order valence-electron chi connectivity index (χ2n) is 6.80. The van der Waals surface area contributed by atoms with Crippen molar-refractivity contribution in [2.75, 3.05) is 19.7 Å². The molecule has 18 heavy (non-hydrogen) atoms. The summed E-state index contributed by atoms with van der Waals surface area (Å²) in [4.78, 5) is 2.56. The molecular formula is C15H32N2O. The topological polar surface area (TPSA) is 35.5 Å². The van der Waals surface area contributed by atoms with Gasteiger partial charge in [-0.25, -0.2) is 0 Å². The summed E-state index contributed by atoms with van der Waals surface area (Å²) in [5.74, 6) is 0.936. The van der Waals surface area contributed by atoms with E-state index in [1.54, 1.807) is 0 Å². The number of rotatable bonds is 9. The van der Waals surface area contributed by atoms with Gasteiger partial charge in [-0.15, -0.1) is 0 Å². The van der Waals surface area contributed by atoms with E-state index in [4.69, 9.17) is 0 Å². The summed E-state index contributed by atoms with van der Waals surface area (Å²) in [6.45, 7) is 13.5. The van der Waals surface area contributed by atoms with Crippen molar-refractivity contribution in [3.05, 3.63) is 0 Å². The zero-order valence-corrected chi connectivity index (χ0v) is 12.9. The van der Waals surface area contributed by atoms with Gasteiger partial charge in [0.05, 0.1) is 6.61 Å². The molecule has 0 aromatic carbocycles. The predicted octanol–water partition coefficient (Wildman–Crippen LogP) is 2.25. The molecule has 0 bridgehead atoms. The zero-order valence-electron chi connectivity index (χ0n) is 12.9. The van der Waals surface area contributed by atoms with Crippen LogP contribution in [0.1, 0.15) is 53.9 Å². The van der Waals surface area contributed by atoms with Crippen LogP contribution in [0.3, 0.4) is 0 Å². The lowest BCUT2D eigenvalue weighted by atomic mass is 9.97. The maximum Gasteiger partial charge on any atom is 0.0611 e. The molecule has 3 nitrogen and oxygen atoms in total. The second kappa shape index (κ2) is 6.88. The van der Waals surface area contributed by atoms with E-state index >= 15 is 0 Å². The van der Waals surface area contributed by atoms with E-state index in [1.165, 1.54) is 19.4 Å². The highest BCUT2D eigenvalue weighted by atomic mass is 16.3. The van der Waals surface area contributed by atoms with Gasteiger partial charge in [-0.1, -0.05) is 13.8 Å². The number of nitrogens with one attached hydrogen (secondary N) is 1. The molecule has 0 spiro atoms. The molecule has 1 aliphatic rings. The Kier molecular flexibility index (Phi) is 6.09. The normalized spacial score (nSPS) is 19.8. The van der Waals surface area contributed by atoms with Crippen LogP contribution >= 0.6 is 0 Å². The number of aliphatic hydroxyl groups is 1. The third-order valence-electron chi connectivity index (χ3n) is 3.86. The largest absolute Gasteiger partial charge is 0.394 e.